The van der Waals surface area contributed by atoms with Gasteiger partial charge in [0.15, 0.2) is 17.3 Å². The van der Waals surface area contributed by atoms with Crippen LogP contribution in [0.2, 0.25) is 0 Å². The summed E-state index contributed by atoms with van der Waals surface area (Å²) in [7, 11) is 3.28. The molecule has 6 nitrogen and oxygen atoms in total. The molecule has 2 aromatic carbocycles. The first-order valence-electron chi connectivity index (χ1n) is 10.2. The van der Waals surface area contributed by atoms with Gasteiger partial charge in [0.1, 0.15) is 11.8 Å². The lowest BCUT2D eigenvalue weighted by atomic mass is 9.98. The maximum absolute atomic E-state index is 5.79. The lowest BCUT2D eigenvalue weighted by Crippen LogP contribution is -2.21. The minimum Gasteiger partial charge on any atom is -0.493 e. The summed E-state index contributed by atoms with van der Waals surface area (Å²) in [5.41, 5.74) is 5.01. The van der Waals surface area contributed by atoms with Crippen molar-refractivity contribution in [1.82, 2.24) is 9.78 Å². The molecule has 0 bridgehead atoms. The smallest absolute Gasteiger partial charge is 0.161 e. The van der Waals surface area contributed by atoms with Crippen LogP contribution in [0.5, 0.6) is 11.5 Å². The molecule has 6 heteroatoms. The predicted octanol–water partition coefficient (Wildman–Crippen LogP) is 5.58. The molecule has 0 unspecified atom stereocenters. The number of rotatable bonds is 5. The summed E-state index contributed by atoms with van der Waals surface area (Å²) in [6, 6.07) is 20.0. The van der Waals surface area contributed by atoms with Crippen LogP contribution < -0.4 is 9.47 Å². The summed E-state index contributed by atoms with van der Waals surface area (Å²) in [5.74, 6) is 3.06. The molecule has 156 valence electrons. The zero-order valence-electron chi connectivity index (χ0n) is 17.7. The molecule has 0 N–H and O–H groups in total. The van der Waals surface area contributed by atoms with Crippen molar-refractivity contribution in [3.05, 3.63) is 83.9 Å². The molecule has 1 atom stereocenters. The third kappa shape index (κ3) is 3.30. The highest BCUT2D eigenvalue weighted by Gasteiger charge is 2.31. The first-order valence-corrected chi connectivity index (χ1v) is 10.2. The second kappa shape index (κ2) is 7.80. The number of hydrogen-bond acceptors (Lipinski definition) is 5. The van der Waals surface area contributed by atoms with Gasteiger partial charge in [0, 0.05) is 17.5 Å². The molecule has 0 saturated carbocycles. The zero-order valence-corrected chi connectivity index (χ0v) is 17.7. The molecule has 2 aromatic heterocycles. The maximum Gasteiger partial charge on any atom is 0.161 e. The van der Waals surface area contributed by atoms with Crippen LogP contribution in [0, 0.1) is 6.92 Å². The second-order valence-corrected chi connectivity index (χ2v) is 7.46. The van der Waals surface area contributed by atoms with Crippen molar-refractivity contribution >= 4 is 11.5 Å². The summed E-state index contributed by atoms with van der Waals surface area (Å²) < 4.78 is 18.7. The average molecular weight is 413 g/mol. The SMILES string of the molecule is COc1ccc(C2=Nc3c(-c4ccccc4)c(C)nn3[C@H](c3ccco3)C2)cc1OC. The summed E-state index contributed by atoms with van der Waals surface area (Å²) in [6.45, 7) is 2.03. The van der Waals surface area contributed by atoms with Crippen LogP contribution >= 0.6 is 0 Å². The van der Waals surface area contributed by atoms with Crippen LogP contribution in [0.25, 0.3) is 11.1 Å². The number of fused-ring (bicyclic) bond motifs is 1. The largest absolute Gasteiger partial charge is 0.493 e. The molecule has 5 rings (SSSR count). The van der Waals surface area contributed by atoms with E-state index in [2.05, 4.69) is 12.1 Å². The fourth-order valence-electron chi connectivity index (χ4n) is 4.15. The van der Waals surface area contributed by atoms with Gasteiger partial charge in [0.25, 0.3) is 0 Å². The van der Waals surface area contributed by atoms with E-state index in [0.717, 1.165) is 39.7 Å². The molecule has 0 fully saturated rings. The van der Waals surface area contributed by atoms with E-state index in [9.17, 15) is 0 Å². The molecular weight excluding hydrogens is 390 g/mol. The maximum atomic E-state index is 5.79. The number of nitrogens with zero attached hydrogens (tertiary/aromatic N) is 3. The van der Waals surface area contributed by atoms with Crippen LogP contribution in [0.15, 0.2) is 76.3 Å². The molecule has 0 aliphatic carbocycles. The standard InChI is InChI=1S/C25H23N3O3/c1-16-24(17-8-5-4-6-9-17)25-26-19(18-11-12-22(29-2)23(14-18)30-3)15-20(28(25)27-16)21-10-7-13-31-21/h4-14,20H,15H2,1-3H3/t20-/m0/s1. The van der Waals surface area contributed by atoms with Gasteiger partial charge in [-0.3, -0.25) is 0 Å². The first-order chi connectivity index (χ1) is 15.2. The molecule has 1 aliphatic heterocycles. The Bertz CT molecular complexity index is 1240. The third-order valence-corrected chi connectivity index (χ3v) is 5.63. The van der Waals surface area contributed by atoms with E-state index in [-0.39, 0.29) is 6.04 Å². The Balaban J connectivity index is 1.70. The normalized spacial score (nSPS) is 15.3. The Hall–Kier alpha value is -3.80. The van der Waals surface area contributed by atoms with Gasteiger partial charge in [-0.2, -0.15) is 5.10 Å². The van der Waals surface area contributed by atoms with E-state index in [1.54, 1.807) is 20.5 Å². The van der Waals surface area contributed by atoms with E-state index in [0.29, 0.717) is 17.9 Å². The Labute approximate surface area is 180 Å². The van der Waals surface area contributed by atoms with Crippen LogP contribution in [-0.2, 0) is 0 Å². The number of benzene rings is 2. The summed E-state index contributed by atoms with van der Waals surface area (Å²) in [6.07, 6.45) is 2.36. The van der Waals surface area contributed by atoms with Crippen molar-refractivity contribution in [2.45, 2.75) is 19.4 Å². The molecule has 1 aliphatic rings. The molecular formula is C25H23N3O3. The van der Waals surface area contributed by atoms with Crippen LogP contribution in [-0.4, -0.2) is 29.7 Å². The average Bonchev–Trinajstić information content (AvgIpc) is 3.46. The monoisotopic (exact) mass is 413 g/mol. The van der Waals surface area contributed by atoms with E-state index in [4.69, 9.17) is 24.0 Å². The predicted molar refractivity (Wildman–Crippen MR) is 120 cm³/mol. The van der Waals surface area contributed by atoms with Crippen molar-refractivity contribution in [2.75, 3.05) is 14.2 Å². The van der Waals surface area contributed by atoms with Gasteiger partial charge in [0.05, 0.1) is 31.9 Å². The fraction of sp³-hybridized carbons (Fsp3) is 0.200. The van der Waals surface area contributed by atoms with Crippen LogP contribution in [0.3, 0.4) is 0 Å². The number of furan rings is 1. The van der Waals surface area contributed by atoms with Gasteiger partial charge in [-0.05, 0) is 42.8 Å². The van der Waals surface area contributed by atoms with Crippen molar-refractivity contribution in [3.8, 4) is 22.6 Å². The third-order valence-electron chi connectivity index (χ3n) is 5.63. The number of aromatic nitrogens is 2. The Morgan fingerprint density at radius 1 is 0.935 bits per heavy atom. The van der Waals surface area contributed by atoms with E-state index in [1.165, 1.54) is 0 Å². The second-order valence-electron chi connectivity index (χ2n) is 7.46. The summed E-state index contributed by atoms with van der Waals surface area (Å²) in [4.78, 5) is 5.08. The lowest BCUT2D eigenvalue weighted by molar-refractivity contribution is 0.355. The molecule has 0 radical (unpaired) electrons. The summed E-state index contributed by atoms with van der Waals surface area (Å²) in [5, 5.41) is 4.86. The molecule has 4 aromatic rings. The van der Waals surface area contributed by atoms with Crippen molar-refractivity contribution < 1.29 is 13.9 Å². The van der Waals surface area contributed by atoms with Crippen molar-refractivity contribution in [3.63, 3.8) is 0 Å². The zero-order chi connectivity index (χ0) is 21.4. The van der Waals surface area contributed by atoms with Gasteiger partial charge in [-0.25, -0.2) is 9.67 Å². The number of methoxy groups -OCH3 is 2. The van der Waals surface area contributed by atoms with Crippen LogP contribution in [0.1, 0.15) is 29.5 Å². The van der Waals surface area contributed by atoms with Gasteiger partial charge >= 0.3 is 0 Å². The van der Waals surface area contributed by atoms with E-state index < -0.39 is 0 Å². The summed E-state index contributed by atoms with van der Waals surface area (Å²) >= 11 is 0. The van der Waals surface area contributed by atoms with Gasteiger partial charge in [0.2, 0.25) is 0 Å². The molecule has 3 heterocycles. The number of hydrogen-bond donors (Lipinski definition) is 0. The topological polar surface area (TPSA) is 61.8 Å². The van der Waals surface area contributed by atoms with Crippen molar-refractivity contribution in [2.24, 2.45) is 4.99 Å². The Morgan fingerprint density at radius 2 is 1.74 bits per heavy atom. The van der Waals surface area contributed by atoms with E-state index in [1.807, 2.05) is 60.1 Å². The quantitative estimate of drug-likeness (QED) is 0.428. The first kappa shape index (κ1) is 19.2. The lowest BCUT2D eigenvalue weighted by Gasteiger charge is -2.24. The molecule has 0 spiro atoms. The van der Waals surface area contributed by atoms with Gasteiger partial charge in [-0.1, -0.05) is 30.3 Å². The molecule has 0 amide bonds. The number of aliphatic imine (C=N–C) groups is 1. The number of aryl methyl sites for hydroxylation is 1. The highest BCUT2D eigenvalue weighted by Crippen LogP contribution is 2.42. The highest BCUT2D eigenvalue weighted by atomic mass is 16.5. The van der Waals surface area contributed by atoms with E-state index >= 15 is 0 Å². The van der Waals surface area contributed by atoms with Crippen molar-refractivity contribution in [1.29, 1.82) is 0 Å². The van der Waals surface area contributed by atoms with Gasteiger partial charge in [-0.15, -0.1) is 0 Å². The Morgan fingerprint density at radius 3 is 2.45 bits per heavy atom. The minimum atomic E-state index is -0.0817. The van der Waals surface area contributed by atoms with Gasteiger partial charge < -0.3 is 13.9 Å². The molecule has 31 heavy (non-hydrogen) atoms. The fourth-order valence-corrected chi connectivity index (χ4v) is 4.15. The van der Waals surface area contributed by atoms with Crippen LogP contribution in [0.4, 0.5) is 5.82 Å². The minimum absolute atomic E-state index is 0.0817. The Kier molecular flexibility index (Phi) is 4.82. The number of ether oxygens (including phenoxy) is 2. The molecule has 0 saturated heterocycles. The highest BCUT2D eigenvalue weighted by molar-refractivity contribution is 6.04.